The van der Waals surface area contributed by atoms with E-state index in [2.05, 4.69) is 10.3 Å². The number of hydrogen-bond donors (Lipinski definition) is 0. The fraction of sp³-hybridized carbons (Fsp3) is 0.368. The van der Waals surface area contributed by atoms with Crippen molar-refractivity contribution in [1.82, 2.24) is 19.2 Å². The van der Waals surface area contributed by atoms with Crippen LogP contribution in [-0.2, 0) is 23.1 Å². The van der Waals surface area contributed by atoms with Crippen LogP contribution in [0.3, 0.4) is 0 Å². The van der Waals surface area contributed by atoms with Crippen LogP contribution in [0.2, 0.25) is 0 Å². The Bertz CT molecular complexity index is 1100. The first-order valence-corrected chi connectivity index (χ1v) is 10.5. The molecule has 1 aliphatic rings. The third kappa shape index (κ3) is 3.20. The highest BCUT2D eigenvalue weighted by Gasteiger charge is 2.33. The van der Waals surface area contributed by atoms with E-state index in [0.29, 0.717) is 31.0 Å². The fourth-order valence-electron chi connectivity index (χ4n) is 3.53. The Morgan fingerprint density at radius 1 is 1.18 bits per heavy atom. The van der Waals surface area contributed by atoms with E-state index >= 15 is 0 Å². The third-order valence-corrected chi connectivity index (χ3v) is 7.00. The largest absolute Gasteiger partial charge is 0.497 e. The number of hydrogen-bond acceptors (Lipinski definition) is 6. The molecule has 1 aromatic carbocycles. The van der Waals surface area contributed by atoms with Gasteiger partial charge in [-0.3, -0.25) is 4.68 Å². The van der Waals surface area contributed by atoms with E-state index < -0.39 is 10.0 Å². The van der Waals surface area contributed by atoms with E-state index in [1.807, 2.05) is 35.0 Å². The van der Waals surface area contributed by atoms with Gasteiger partial charge in [0, 0.05) is 18.7 Å². The van der Waals surface area contributed by atoms with Gasteiger partial charge in [0.25, 0.3) is 0 Å². The SMILES string of the molecule is COc1cccc(-c2cc3n(n2)CCCN(S(=O)(=O)c2c(C)noc2C)C3)c1. The van der Waals surface area contributed by atoms with Crippen molar-refractivity contribution in [2.24, 2.45) is 0 Å². The van der Waals surface area contributed by atoms with Crippen molar-refractivity contribution >= 4 is 10.0 Å². The lowest BCUT2D eigenvalue weighted by Crippen LogP contribution is -2.31. The highest BCUT2D eigenvalue weighted by atomic mass is 32.2. The van der Waals surface area contributed by atoms with Crippen molar-refractivity contribution in [3.05, 3.63) is 47.5 Å². The Morgan fingerprint density at radius 2 is 2.00 bits per heavy atom. The zero-order valence-corrected chi connectivity index (χ0v) is 16.9. The second-order valence-corrected chi connectivity index (χ2v) is 8.70. The number of ether oxygens (including phenoxy) is 1. The number of nitrogens with zero attached hydrogens (tertiary/aromatic N) is 4. The normalized spacial score (nSPS) is 15.2. The molecule has 9 heteroatoms. The second kappa shape index (κ2) is 7.06. The van der Waals surface area contributed by atoms with Crippen LogP contribution in [-0.4, -0.2) is 41.3 Å². The molecule has 3 aromatic rings. The summed E-state index contributed by atoms with van der Waals surface area (Å²) in [5.41, 5.74) is 2.96. The molecule has 28 heavy (non-hydrogen) atoms. The van der Waals surface area contributed by atoms with Crippen molar-refractivity contribution < 1.29 is 17.7 Å². The number of fused-ring (bicyclic) bond motifs is 1. The molecule has 0 aliphatic carbocycles. The fourth-order valence-corrected chi connectivity index (χ4v) is 5.27. The number of methoxy groups -OCH3 is 1. The molecule has 0 saturated carbocycles. The van der Waals surface area contributed by atoms with Crippen molar-refractivity contribution in [2.75, 3.05) is 13.7 Å². The minimum atomic E-state index is -3.70. The lowest BCUT2D eigenvalue weighted by Gasteiger charge is -2.19. The van der Waals surface area contributed by atoms with Crippen LogP contribution in [0.5, 0.6) is 5.75 Å². The number of benzene rings is 1. The molecule has 0 spiro atoms. The Morgan fingerprint density at radius 3 is 2.71 bits per heavy atom. The van der Waals surface area contributed by atoms with Crippen LogP contribution in [0.1, 0.15) is 23.6 Å². The molecule has 1 aliphatic heterocycles. The Hall–Kier alpha value is -2.65. The summed E-state index contributed by atoms with van der Waals surface area (Å²) >= 11 is 0. The van der Waals surface area contributed by atoms with E-state index in [1.54, 1.807) is 21.0 Å². The van der Waals surface area contributed by atoms with Crippen LogP contribution in [0.25, 0.3) is 11.3 Å². The molecule has 0 atom stereocenters. The maximum Gasteiger partial charge on any atom is 0.248 e. The van der Waals surface area contributed by atoms with Gasteiger partial charge in [-0.05, 0) is 38.5 Å². The summed E-state index contributed by atoms with van der Waals surface area (Å²) in [6, 6.07) is 9.61. The molecule has 0 N–H and O–H groups in total. The summed E-state index contributed by atoms with van der Waals surface area (Å²) in [6.45, 7) is 4.60. The Kier molecular flexibility index (Phi) is 4.72. The van der Waals surface area contributed by atoms with Crippen LogP contribution in [0.4, 0.5) is 0 Å². The number of rotatable bonds is 4. The molecule has 0 radical (unpaired) electrons. The standard InChI is InChI=1S/C19H22N4O4S/c1-13-19(14(2)27-21-13)28(24,25)22-8-5-9-23-16(12-22)11-18(20-23)15-6-4-7-17(10-15)26-3/h4,6-7,10-11H,5,8-9,12H2,1-3H3. The van der Waals surface area contributed by atoms with Gasteiger partial charge in [0.05, 0.1) is 25.0 Å². The van der Waals surface area contributed by atoms with Crippen LogP contribution < -0.4 is 4.74 Å². The van der Waals surface area contributed by atoms with E-state index in [9.17, 15) is 8.42 Å². The zero-order chi connectivity index (χ0) is 19.9. The summed E-state index contributed by atoms with van der Waals surface area (Å²) in [7, 11) is -2.07. The first kappa shape index (κ1) is 18.7. The highest BCUT2D eigenvalue weighted by molar-refractivity contribution is 7.89. The lowest BCUT2D eigenvalue weighted by atomic mass is 10.1. The van der Waals surface area contributed by atoms with Gasteiger partial charge in [-0.2, -0.15) is 9.40 Å². The molecular weight excluding hydrogens is 380 g/mol. The second-order valence-electron chi connectivity index (χ2n) is 6.82. The topological polar surface area (TPSA) is 90.5 Å². The minimum absolute atomic E-state index is 0.161. The van der Waals surface area contributed by atoms with Gasteiger partial charge in [0.15, 0.2) is 5.76 Å². The molecule has 0 saturated heterocycles. The van der Waals surface area contributed by atoms with Gasteiger partial charge >= 0.3 is 0 Å². The smallest absolute Gasteiger partial charge is 0.248 e. The summed E-state index contributed by atoms with van der Waals surface area (Å²) in [6.07, 6.45) is 0.675. The minimum Gasteiger partial charge on any atom is -0.497 e. The number of aromatic nitrogens is 3. The van der Waals surface area contributed by atoms with Crippen LogP contribution in [0, 0.1) is 13.8 Å². The molecule has 0 amide bonds. The average Bonchev–Trinajstić information content (AvgIpc) is 3.17. The Balaban J connectivity index is 1.68. The molecule has 8 nitrogen and oxygen atoms in total. The summed E-state index contributed by atoms with van der Waals surface area (Å²) in [5.74, 6) is 1.07. The maximum absolute atomic E-state index is 13.2. The molecule has 148 valence electrons. The quantitative estimate of drug-likeness (QED) is 0.667. The highest BCUT2D eigenvalue weighted by Crippen LogP contribution is 2.29. The van der Waals surface area contributed by atoms with Gasteiger partial charge in [0.1, 0.15) is 16.3 Å². The molecule has 4 rings (SSSR count). The van der Waals surface area contributed by atoms with Crippen molar-refractivity contribution in [1.29, 1.82) is 0 Å². The van der Waals surface area contributed by atoms with Gasteiger partial charge in [-0.15, -0.1) is 0 Å². The van der Waals surface area contributed by atoms with Gasteiger partial charge in [-0.25, -0.2) is 8.42 Å². The molecule has 3 heterocycles. The first-order chi connectivity index (χ1) is 13.4. The van der Waals surface area contributed by atoms with E-state index in [4.69, 9.17) is 9.26 Å². The molecule has 0 bridgehead atoms. The predicted octanol–water partition coefficient (Wildman–Crippen LogP) is 2.76. The summed E-state index contributed by atoms with van der Waals surface area (Å²) in [4.78, 5) is 0.161. The van der Waals surface area contributed by atoms with Gasteiger partial charge in [0.2, 0.25) is 10.0 Å². The molecule has 0 unspecified atom stereocenters. The van der Waals surface area contributed by atoms with E-state index in [1.165, 1.54) is 4.31 Å². The molecule has 0 fully saturated rings. The zero-order valence-electron chi connectivity index (χ0n) is 16.0. The first-order valence-electron chi connectivity index (χ1n) is 9.04. The monoisotopic (exact) mass is 402 g/mol. The lowest BCUT2D eigenvalue weighted by molar-refractivity contribution is 0.387. The Labute approximate surface area is 163 Å². The van der Waals surface area contributed by atoms with Crippen LogP contribution in [0.15, 0.2) is 39.8 Å². The van der Waals surface area contributed by atoms with Crippen molar-refractivity contribution in [3.8, 4) is 17.0 Å². The predicted molar refractivity (Wildman–Crippen MR) is 102 cm³/mol. The average molecular weight is 402 g/mol. The summed E-state index contributed by atoms with van der Waals surface area (Å²) in [5, 5.41) is 8.47. The van der Waals surface area contributed by atoms with Crippen molar-refractivity contribution in [2.45, 2.75) is 38.3 Å². The van der Waals surface area contributed by atoms with Crippen molar-refractivity contribution in [3.63, 3.8) is 0 Å². The maximum atomic E-state index is 13.2. The van der Waals surface area contributed by atoms with Gasteiger partial charge < -0.3 is 9.26 Å². The number of sulfonamides is 1. The molecule has 2 aromatic heterocycles. The van der Waals surface area contributed by atoms with Crippen LogP contribution >= 0.6 is 0 Å². The van der Waals surface area contributed by atoms with E-state index in [-0.39, 0.29) is 11.4 Å². The summed E-state index contributed by atoms with van der Waals surface area (Å²) < 4.78 is 40.1. The van der Waals surface area contributed by atoms with Gasteiger partial charge in [-0.1, -0.05) is 17.3 Å². The third-order valence-electron chi connectivity index (χ3n) is 4.91. The molecular formula is C19H22N4O4S. The number of aryl methyl sites for hydroxylation is 3. The van der Waals surface area contributed by atoms with E-state index in [0.717, 1.165) is 22.7 Å².